The summed E-state index contributed by atoms with van der Waals surface area (Å²) in [5.41, 5.74) is 4.05. The molecule has 0 aliphatic heterocycles. The van der Waals surface area contributed by atoms with Crippen LogP contribution in [0.5, 0.6) is 0 Å². The van der Waals surface area contributed by atoms with E-state index in [1.165, 1.54) is 11.1 Å². The molecule has 0 unspecified atom stereocenters. The first-order chi connectivity index (χ1) is 9.65. The van der Waals surface area contributed by atoms with Gasteiger partial charge in [0.1, 0.15) is 0 Å². The first kappa shape index (κ1) is 12.9. The van der Waals surface area contributed by atoms with E-state index in [1.54, 1.807) is 10.9 Å². The Balaban J connectivity index is 1.82. The number of hydrogen-bond donors (Lipinski definition) is 1. The van der Waals surface area contributed by atoms with Gasteiger partial charge in [-0.1, -0.05) is 24.3 Å². The molecule has 1 aromatic heterocycles. The molecule has 3 rings (SSSR count). The molecule has 0 saturated carbocycles. The Morgan fingerprint density at radius 3 is 2.95 bits per heavy atom. The van der Waals surface area contributed by atoms with Crippen molar-refractivity contribution >= 4 is 5.91 Å². The van der Waals surface area contributed by atoms with Crippen LogP contribution in [0.15, 0.2) is 30.5 Å². The van der Waals surface area contributed by atoms with Crippen LogP contribution in [0.2, 0.25) is 0 Å². The SMILES string of the molecule is Cc1nn(C)cc1C(=O)N[C@@H]1CCCc2ccccc21. The van der Waals surface area contributed by atoms with Gasteiger partial charge in [-0.25, -0.2) is 0 Å². The van der Waals surface area contributed by atoms with Gasteiger partial charge in [-0.2, -0.15) is 5.10 Å². The van der Waals surface area contributed by atoms with Gasteiger partial charge in [-0.15, -0.1) is 0 Å². The van der Waals surface area contributed by atoms with Crippen molar-refractivity contribution in [3.8, 4) is 0 Å². The van der Waals surface area contributed by atoms with Crippen LogP contribution in [-0.4, -0.2) is 15.7 Å². The minimum atomic E-state index is -0.0303. The molecule has 0 fully saturated rings. The number of fused-ring (bicyclic) bond motifs is 1. The van der Waals surface area contributed by atoms with Crippen LogP contribution in [0.3, 0.4) is 0 Å². The molecule has 0 saturated heterocycles. The van der Waals surface area contributed by atoms with Crippen molar-refractivity contribution in [1.29, 1.82) is 0 Å². The van der Waals surface area contributed by atoms with Gasteiger partial charge in [0.05, 0.1) is 17.3 Å². The lowest BCUT2D eigenvalue weighted by molar-refractivity contribution is 0.0932. The molecule has 1 amide bonds. The molecule has 0 radical (unpaired) electrons. The van der Waals surface area contributed by atoms with E-state index >= 15 is 0 Å². The molecule has 1 heterocycles. The molecule has 1 aliphatic carbocycles. The van der Waals surface area contributed by atoms with Crippen LogP contribution in [0, 0.1) is 6.92 Å². The number of benzene rings is 1. The highest BCUT2D eigenvalue weighted by Gasteiger charge is 2.23. The third-order valence-electron chi connectivity index (χ3n) is 3.93. The molecule has 0 bridgehead atoms. The Hall–Kier alpha value is -2.10. The Bertz CT molecular complexity index is 645. The number of carbonyl (C=O) groups is 1. The monoisotopic (exact) mass is 269 g/mol. The molecular weight excluding hydrogens is 250 g/mol. The standard InChI is InChI=1S/C16H19N3O/c1-11-14(10-19(2)18-11)16(20)17-15-9-5-7-12-6-3-4-8-13(12)15/h3-4,6,8,10,15H,5,7,9H2,1-2H3,(H,17,20)/t15-/m1/s1. The number of aryl methyl sites for hydroxylation is 3. The third kappa shape index (κ3) is 2.33. The van der Waals surface area contributed by atoms with Gasteiger partial charge in [-0.05, 0) is 37.3 Å². The Kier molecular flexibility index (Phi) is 3.30. The maximum absolute atomic E-state index is 12.4. The summed E-state index contributed by atoms with van der Waals surface area (Å²) < 4.78 is 1.68. The minimum absolute atomic E-state index is 0.0303. The van der Waals surface area contributed by atoms with E-state index in [4.69, 9.17) is 0 Å². The molecule has 104 valence electrons. The lowest BCUT2D eigenvalue weighted by atomic mass is 9.87. The highest BCUT2D eigenvalue weighted by atomic mass is 16.1. The molecular formula is C16H19N3O. The van der Waals surface area contributed by atoms with Gasteiger partial charge in [0.2, 0.25) is 0 Å². The van der Waals surface area contributed by atoms with Gasteiger partial charge in [0.15, 0.2) is 0 Å². The second-order valence-electron chi connectivity index (χ2n) is 5.42. The number of nitrogens with one attached hydrogen (secondary N) is 1. The fourth-order valence-corrected chi connectivity index (χ4v) is 2.96. The largest absolute Gasteiger partial charge is 0.345 e. The summed E-state index contributed by atoms with van der Waals surface area (Å²) >= 11 is 0. The zero-order valence-electron chi connectivity index (χ0n) is 11.9. The maximum atomic E-state index is 12.4. The highest BCUT2D eigenvalue weighted by Crippen LogP contribution is 2.29. The zero-order chi connectivity index (χ0) is 14.1. The van der Waals surface area contributed by atoms with Crippen molar-refractivity contribution < 1.29 is 4.79 Å². The fraction of sp³-hybridized carbons (Fsp3) is 0.375. The molecule has 20 heavy (non-hydrogen) atoms. The number of carbonyl (C=O) groups excluding carboxylic acids is 1. The number of hydrogen-bond acceptors (Lipinski definition) is 2. The fourth-order valence-electron chi connectivity index (χ4n) is 2.96. The maximum Gasteiger partial charge on any atom is 0.255 e. The van der Waals surface area contributed by atoms with Crippen molar-refractivity contribution in [2.45, 2.75) is 32.2 Å². The topological polar surface area (TPSA) is 46.9 Å². The number of aromatic nitrogens is 2. The van der Waals surface area contributed by atoms with Gasteiger partial charge in [-0.3, -0.25) is 9.48 Å². The quantitative estimate of drug-likeness (QED) is 0.910. The lowest BCUT2D eigenvalue weighted by Gasteiger charge is -2.26. The van der Waals surface area contributed by atoms with Crippen molar-refractivity contribution in [2.75, 3.05) is 0 Å². The average Bonchev–Trinajstić information content (AvgIpc) is 2.78. The van der Waals surface area contributed by atoms with E-state index in [2.05, 4.69) is 28.6 Å². The van der Waals surface area contributed by atoms with Crippen LogP contribution in [0.25, 0.3) is 0 Å². The summed E-state index contributed by atoms with van der Waals surface area (Å²) in [4.78, 5) is 12.4. The van der Waals surface area contributed by atoms with E-state index < -0.39 is 0 Å². The van der Waals surface area contributed by atoms with Crippen LogP contribution < -0.4 is 5.32 Å². The molecule has 1 aromatic carbocycles. The summed E-state index contributed by atoms with van der Waals surface area (Å²) in [6.07, 6.45) is 5.00. The molecule has 0 spiro atoms. The molecule has 1 N–H and O–H groups in total. The molecule has 2 aromatic rings. The molecule has 1 atom stereocenters. The highest BCUT2D eigenvalue weighted by molar-refractivity contribution is 5.95. The summed E-state index contributed by atoms with van der Waals surface area (Å²) in [6, 6.07) is 8.50. The predicted octanol–water partition coefficient (Wildman–Crippen LogP) is 2.54. The first-order valence-electron chi connectivity index (χ1n) is 7.04. The van der Waals surface area contributed by atoms with E-state index in [0.717, 1.165) is 25.0 Å². The van der Waals surface area contributed by atoms with Gasteiger partial charge < -0.3 is 5.32 Å². The molecule has 4 nitrogen and oxygen atoms in total. The number of rotatable bonds is 2. The van der Waals surface area contributed by atoms with Crippen LogP contribution in [0.4, 0.5) is 0 Å². The minimum Gasteiger partial charge on any atom is -0.345 e. The van der Waals surface area contributed by atoms with Crippen molar-refractivity contribution in [2.24, 2.45) is 7.05 Å². The van der Waals surface area contributed by atoms with Gasteiger partial charge in [0, 0.05) is 13.2 Å². The number of nitrogens with zero attached hydrogens (tertiary/aromatic N) is 2. The lowest BCUT2D eigenvalue weighted by Crippen LogP contribution is -2.31. The normalized spacial score (nSPS) is 17.6. The number of amides is 1. The second kappa shape index (κ2) is 5.12. The summed E-state index contributed by atoms with van der Waals surface area (Å²) in [5, 5.41) is 7.38. The second-order valence-corrected chi connectivity index (χ2v) is 5.42. The molecule has 1 aliphatic rings. The van der Waals surface area contributed by atoms with Gasteiger partial charge in [0.25, 0.3) is 5.91 Å². The predicted molar refractivity (Wildman–Crippen MR) is 77.5 cm³/mol. The van der Waals surface area contributed by atoms with E-state index in [-0.39, 0.29) is 11.9 Å². The van der Waals surface area contributed by atoms with Crippen molar-refractivity contribution in [3.63, 3.8) is 0 Å². The van der Waals surface area contributed by atoms with E-state index in [1.807, 2.05) is 20.0 Å². The Morgan fingerprint density at radius 1 is 1.40 bits per heavy atom. The van der Waals surface area contributed by atoms with Crippen LogP contribution in [0.1, 0.15) is 46.1 Å². The summed E-state index contributed by atoms with van der Waals surface area (Å²) in [5.74, 6) is -0.0303. The Morgan fingerprint density at radius 2 is 2.20 bits per heavy atom. The Labute approximate surface area is 118 Å². The van der Waals surface area contributed by atoms with Crippen LogP contribution >= 0.6 is 0 Å². The smallest absolute Gasteiger partial charge is 0.255 e. The first-order valence-corrected chi connectivity index (χ1v) is 7.04. The summed E-state index contributed by atoms with van der Waals surface area (Å²) in [6.45, 7) is 1.86. The average molecular weight is 269 g/mol. The van der Waals surface area contributed by atoms with Crippen LogP contribution in [-0.2, 0) is 13.5 Å². The van der Waals surface area contributed by atoms with Crippen molar-refractivity contribution in [3.05, 3.63) is 52.8 Å². The zero-order valence-corrected chi connectivity index (χ0v) is 11.9. The third-order valence-corrected chi connectivity index (χ3v) is 3.93. The van der Waals surface area contributed by atoms with Crippen molar-refractivity contribution in [1.82, 2.24) is 15.1 Å². The molecule has 4 heteroatoms. The van der Waals surface area contributed by atoms with E-state index in [0.29, 0.717) is 5.56 Å². The van der Waals surface area contributed by atoms with Gasteiger partial charge >= 0.3 is 0 Å². The summed E-state index contributed by atoms with van der Waals surface area (Å²) in [7, 11) is 1.83. The van der Waals surface area contributed by atoms with E-state index in [9.17, 15) is 4.79 Å².